The number of carbonyl (C=O) groups is 1. The number of hydrogen-bond acceptors (Lipinski definition) is 6. The molecule has 1 aromatic carbocycles. The monoisotopic (exact) mass is 422 g/mol. The Hall–Kier alpha value is -2.04. The van der Waals surface area contributed by atoms with Gasteiger partial charge in [-0.3, -0.25) is 0 Å². The average molecular weight is 422 g/mol. The molecule has 0 unspecified atom stereocenters. The minimum atomic E-state index is -1.20. The first-order valence-electron chi connectivity index (χ1n) is 5.79. The lowest BCUT2D eigenvalue weighted by atomic mass is 10.3. The van der Waals surface area contributed by atoms with E-state index in [1.807, 2.05) is 22.6 Å². The standard InChI is InChI=1S/C13H9F2IN2O4/c1-20-12-7(4-3-6(14)10(12)15)22-8-5-9(16)17-18-11(8)13(19)21-2/h3-5H,1-2H3. The highest BCUT2D eigenvalue weighted by molar-refractivity contribution is 14.1. The van der Waals surface area contributed by atoms with Gasteiger partial charge in [-0.1, -0.05) is 0 Å². The summed E-state index contributed by atoms with van der Waals surface area (Å²) in [5.74, 6) is -3.62. The number of aromatic nitrogens is 2. The van der Waals surface area contributed by atoms with E-state index in [-0.39, 0.29) is 17.2 Å². The molecule has 116 valence electrons. The molecule has 0 radical (unpaired) electrons. The second-order valence-electron chi connectivity index (χ2n) is 3.87. The van der Waals surface area contributed by atoms with E-state index in [9.17, 15) is 13.6 Å². The van der Waals surface area contributed by atoms with Crippen LogP contribution in [0.3, 0.4) is 0 Å². The summed E-state index contributed by atoms with van der Waals surface area (Å²) < 4.78 is 42.1. The number of hydrogen-bond donors (Lipinski definition) is 0. The summed E-state index contributed by atoms with van der Waals surface area (Å²) in [6.45, 7) is 0. The molecule has 0 amide bonds. The Morgan fingerprint density at radius 2 is 1.91 bits per heavy atom. The predicted molar refractivity (Wildman–Crippen MR) is 79.1 cm³/mol. The van der Waals surface area contributed by atoms with E-state index in [0.29, 0.717) is 3.70 Å². The first kappa shape index (κ1) is 16.3. The molecule has 0 fully saturated rings. The van der Waals surface area contributed by atoms with Crippen molar-refractivity contribution in [1.29, 1.82) is 0 Å². The summed E-state index contributed by atoms with van der Waals surface area (Å²) in [5, 5.41) is 7.39. The summed E-state index contributed by atoms with van der Waals surface area (Å²) in [6.07, 6.45) is 0. The van der Waals surface area contributed by atoms with Crippen LogP contribution in [0.15, 0.2) is 18.2 Å². The minimum absolute atomic E-state index is 0.0180. The van der Waals surface area contributed by atoms with Crippen LogP contribution in [-0.4, -0.2) is 30.4 Å². The molecule has 0 spiro atoms. The van der Waals surface area contributed by atoms with Crippen LogP contribution in [0.4, 0.5) is 8.78 Å². The molecule has 0 aliphatic carbocycles. The van der Waals surface area contributed by atoms with Crippen molar-refractivity contribution in [3.05, 3.63) is 39.2 Å². The van der Waals surface area contributed by atoms with Gasteiger partial charge in [0, 0.05) is 6.07 Å². The van der Waals surface area contributed by atoms with Crippen molar-refractivity contribution in [2.24, 2.45) is 0 Å². The first-order chi connectivity index (χ1) is 10.5. The molecule has 0 atom stereocenters. The van der Waals surface area contributed by atoms with Crippen LogP contribution in [-0.2, 0) is 4.74 Å². The SMILES string of the molecule is COC(=O)c1nnc(I)cc1Oc1ccc(F)c(F)c1OC. The third kappa shape index (κ3) is 3.24. The molecule has 2 rings (SSSR count). The number of esters is 1. The maximum atomic E-state index is 13.7. The number of methoxy groups -OCH3 is 2. The normalized spacial score (nSPS) is 10.2. The van der Waals surface area contributed by atoms with E-state index in [2.05, 4.69) is 14.9 Å². The fourth-order valence-electron chi connectivity index (χ4n) is 1.57. The van der Waals surface area contributed by atoms with Crippen LogP contribution in [0.25, 0.3) is 0 Å². The minimum Gasteiger partial charge on any atom is -0.490 e. The molecule has 2 aromatic rings. The largest absolute Gasteiger partial charge is 0.490 e. The van der Waals surface area contributed by atoms with E-state index >= 15 is 0 Å². The molecule has 1 aromatic heterocycles. The van der Waals surface area contributed by atoms with Gasteiger partial charge in [-0.2, -0.15) is 4.39 Å². The molecule has 0 saturated heterocycles. The summed E-state index contributed by atoms with van der Waals surface area (Å²) in [4.78, 5) is 11.6. The average Bonchev–Trinajstić information content (AvgIpc) is 2.51. The van der Waals surface area contributed by atoms with Crippen molar-refractivity contribution in [2.45, 2.75) is 0 Å². The van der Waals surface area contributed by atoms with Crippen LogP contribution in [0.2, 0.25) is 0 Å². The number of ether oxygens (including phenoxy) is 3. The highest BCUT2D eigenvalue weighted by atomic mass is 127. The number of benzene rings is 1. The third-order valence-corrected chi connectivity index (χ3v) is 3.07. The molecule has 0 aliphatic heterocycles. The van der Waals surface area contributed by atoms with E-state index in [1.54, 1.807) is 0 Å². The highest BCUT2D eigenvalue weighted by Gasteiger charge is 2.21. The smallest absolute Gasteiger partial charge is 0.362 e. The van der Waals surface area contributed by atoms with Crippen LogP contribution >= 0.6 is 22.6 Å². The molecular weight excluding hydrogens is 413 g/mol. The maximum absolute atomic E-state index is 13.7. The maximum Gasteiger partial charge on any atom is 0.362 e. The quantitative estimate of drug-likeness (QED) is 0.558. The van der Waals surface area contributed by atoms with Crippen molar-refractivity contribution in [3.63, 3.8) is 0 Å². The summed E-state index contributed by atoms with van der Waals surface area (Å²) >= 11 is 1.86. The number of rotatable bonds is 4. The molecule has 22 heavy (non-hydrogen) atoms. The number of halogens is 3. The van der Waals surface area contributed by atoms with Gasteiger partial charge in [0.2, 0.25) is 17.3 Å². The van der Waals surface area contributed by atoms with Gasteiger partial charge < -0.3 is 14.2 Å². The highest BCUT2D eigenvalue weighted by Crippen LogP contribution is 2.36. The summed E-state index contributed by atoms with van der Waals surface area (Å²) in [6, 6.07) is 3.46. The second-order valence-corrected chi connectivity index (χ2v) is 4.97. The van der Waals surface area contributed by atoms with E-state index in [1.165, 1.54) is 26.4 Å². The molecule has 0 aliphatic rings. The van der Waals surface area contributed by atoms with Gasteiger partial charge in [-0.05, 0) is 34.7 Å². The van der Waals surface area contributed by atoms with Gasteiger partial charge >= 0.3 is 5.97 Å². The van der Waals surface area contributed by atoms with Crippen LogP contribution in [0, 0.1) is 15.3 Å². The zero-order valence-electron chi connectivity index (χ0n) is 11.4. The van der Waals surface area contributed by atoms with Gasteiger partial charge in [0.15, 0.2) is 17.3 Å². The lowest BCUT2D eigenvalue weighted by molar-refractivity contribution is 0.0589. The van der Waals surface area contributed by atoms with Crippen molar-refractivity contribution >= 4 is 28.6 Å². The summed E-state index contributed by atoms with van der Waals surface area (Å²) in [7, 11) is 2.34. The molecule has 6 nitrogen and oxygen atoms in total. The van der Waals surface area contributed by atoms with Gasteiger partial charge in [-0.25, -0.2) is 9.18 Å². The van der Waals surface area contributed by atoms with Crippen molar-refractivity contribution in [3.8, 4) is 17.2 Å². The third-order valence-electron chi connectivity index (χ3n) is 2.55. The van der Waals surface area contributed by atoms with Crippen molar-refractivity contribution in [2.75, 3.05) is 14.2 Å². The zero-order chi connectivity index (χ0) is 16.3. The molecule has 1 heterocycles. The van der Waals surface area contributed by atoms with Crippen molar-refractivity contribution in [1.82, 2.24) is 10.2 Å². The second kappa shape index (κ2) is 6.81. The Bertz CT molecular complexity index is 727. The predicted octanol–water partition coefficient (Wildman–Crippen LogP) is 2.95. The van der Waals surface area contributed by atoms with Crippen molar-refractivity contribution < 1.29 is 27.8 Å². The number of nitrogens with zero attached hydrogens (tertiary/aromatic N) is 2. The Kier molecular flexibility index (Phi) is 5.06. The topological polar surface area (TPSA) is 70.5 Å². The Morgan fingerprint density at radius 1 is 1.18 bits per heavy atom. The molecule has 9 heteroatoms. The van der Waals surface area contributed by atoms with Gasteiger partial charge in [0.1, 0.15) is 3.70 Å². The van der Waals surface area contributed by atoms with Gasteiger partial charge in [0.25, 0.3) is 0 Å². The summed E-state index contributed by atoms with van der Waals surface area (Å²) in [5.41, 5.74) is -0.199. The molecular formula is C13H9F2IN2O4. The van der Waals surface area contributed by atoms with Gasteiger partial charge in [-0.15, -0.1) is 10.2 Å². The zero-order valence-corrected chi connectivity index (χ0v) is 13.6. The Balaban J connectivity index is 2.49. The first-order valence-corrected chi connectivity index (χ1v) is 6.87. The fourth-order valence-corrected chi connectivity index (χ4v) is 1.96. The van der Waals surface area contributed by atoms with Crippen LogP contribution in [0.1, 0.15) is 10.5 Å². The number of carbonyl (C=O) groups excluding carboxylic acids is 1. The van der Waals surface area contributed by atoms with E-state index in [0.717, 1.165) is 6.07 Å². The molecule has 0 N–H and O–H groups in total. The molecule has 0 saturated carbocycles. The van der Waals surface area contributed by atoms with Crippen LogP contribution < -0.4 is 9.47 Å². The van der Waals surface area contributed by atoms with E-state index in [4.69, 9.17) is 9.47 Å². The van der Waals surface area contributed by atoms with Crippen LogP contribution in [0.5, 0.6) is 17.2 Å². The Morgan fingerprint density at radius 3 is 2.55 bits per heavy atom. The lowest BCUT2D eigenvalue weighted by Crippen LogP contribution is -2.09. The fraction of sp³-hybridized carbons (Fsp3) is 0.154. The van der Waals surface area contributed by atoms with E-state index < -0.39 is 23.4 Å². The lowest BCUT2D eigenvalue weighted by Gasteiger charge is -2.12. The Labute approximate surface area is 137 Å². The van der Waals surface area contributed by atoms with Gasteiger partial charge in [0.05, 0.1) is 14.2 Å². The molecule has 0 bridgehead atoms.